The number of hydrogen-bond donors (Lipinski definition) is 1. The third kappa shape index (κ3) is 2.16. The molecule has 0 atom stereocenters. The molecule has 0 aliphatic rings. The minimum atomic E-state index is -0.288. The van der Waals surface area contributed by atoms with Crippen LogP contribution < -0.4 is 0 Å². The quantitative estimate of drug-likeness (QED) is 0.578. The summed E-state index contributed by atoms with van der Waals surface area (Å²) in [5, 5.41) is 8.14. The van der Waals surface area contributed by atoms with Gasteiger partial charge in [-0.1, -0.05) is 17.8 Å². The predicted octanol–water partition coefficient (Wildman–Crippen LogP) is 3.30. The molecule has 18 heavy (non-hydrogen) atoms. The van der Waals surface area contributed by atoms with Gasteiger partial charge in [0.15, 0.2) is 5.65 Å². The summed E-state index contributed by atoms with van der Waals surface area (Å²) in [7, 11) is 0. The van der Waals surface area contributed by atoms with Crippen LogP contribution in [-0.2, 0) is 0 Å². The summed E-state index contributed by atoms with van der Waals surface area (Å²) in [6.45, 7) is 0. The van der Waals surface area contributed by atoms with Crippen LogP contribution >= 0.6 is 23.4 Å². The lowest BCUT2D eigenvalue weighted by Gasteiger charge is -2.02. The maximum absolute atomic E-state index is 13.1. The third-order valence-corrected chi connectivity index (χ3v) is 3.42. The number of fused-ring (bicyclic) bond motifs is 1. The van der Waals surface area contributed by atoms with Gasteiger partial charge in [0.25, 0.3) is 0 Å². The monoisotopic (exact) mass is 280 g/mol. The fourth-order valence-corrected chi connectivity index (χ4v) is 2.65. The van der Waals surface area contributed by atoms with Crippen LogP contribution in [0.4, 0.5) is 4.39 Å². The molecule has 0 spiro atoms. The van der Waals surface area contributed by atoms with Gasteiger partial charge >= 0.3 is 0 Å². The minimum Gasteiger partial charge on any atom is -0.261 e. The molecule has 2 aromatic heterocycles. The van der Waals surface area contributed by atoms with E-state index in [2.05, 4.69) is 20.2 Å². The van der Waals surface area contributed by atoms with E-state index in [0.29, 0.717) is 10.7 Å². The summed E-state index contributed by atoms with van der Waals surface area (Å²) in [5.41, 5.74) is 0.564. The molecule has 3 rings (SSSR count). The first-order valence-corrected chi connectivity index (χ1v) is 6.22. The number of benzene rings is 1. The van der Waals surface area contributed by atoms with Crippen LogP contribution in [0.15, 0.2) is 40.4 Å². The summed E-state index contributed by atoms with van der Waals surface area (Å²) in [6.07, 6.45) is 1.62. The van der Waals surface area contributed by atoms with Crippen LogP contribution in [0.1, 0.15) is 0 Å². The van der Waals surface area contributed by atoms with Gasteiger partial charge in [-0.3, -0.25) is 5.10 Å². The maximum atomic E-state index is 13.1. The summed E-state index contributed by atoms with van der Waals surface area (Å²) < 4.78 is 13.1. The molecule has 0 aliphatic carbocycles. The Hall–Kier alpha value is -1.66. The van der Waals surface area contributed by atoms with Crippen LogP contribution in [-0.4, -0.2) is 20.2 Å². The van der Waals surface area contributed by atoms with Crippen molar-refractivity contribution in [3.8, 4) is 0 Å². The van der Waals surface area contributed by atoms with E-state index in [1.807, 2.05) is 0 Å². The van der Waals surface area contributed by atoms with E-state index < -0.39 is 0 Å². The maximum Gasteiger partial charge on any atom is 0.225 e. The lowest BCUT2D eigenvalue weighted by Crippen LogP contribution is -1.88. The first-order valence-electron chi connectivity index (χ1n) is 5.02. The number of halogens is 2. The summed E-state index contributed by atoms with van der Waals surface area (Å²) >= 11 is 7.14. The molecule has 0 radical (unpaired) electrons. The normalized spacial score (nSPS) is 11.0. The highest BCUT2D eigenvalue weighted by atomic mass is 35.5. The van der Waals surface area contributed by atoms with Crippen molar-refractivity contribution in [2.24, 2.45) is 0 Å². The number of hydrogen-bond acceptors (Lipinski definition) is 4. The van der Waals surface area contributed by atoms with E-state index in [9.17, 15) is 4.39 Å². The summed E-state index contributed by atoms with van der Waals surface area (Å²) in [5.74, 6) is -0.288. The Morgan fingerprint density at radius 2 is 2.17 bits per heavy atom. The van der Waals surface area contributed by atoms with E-state index in [4.69, 9.17) is 11.6 Å². The zero-order valence-electron chi connectivity index (χ0n) is 8.89. The predicted molar refractivity (Wildman–Crippen MR) is 67.2 cm³/mol. The fourth-order valence-electron chi connectivity index (χ4n) is 1.50. The van der Waals surface area contributed by atoms with Crippen LogP contribution in [0.3, 0.4) is 0 Å². The largest absolute Gasteiger partial charge is 0.261 e. The first kappa shape index (κ1) is 11.4. The zero-order chi connectivity index (χ0) is 12.5. The van der Waals surface area contributed by atoms with Gasteiger partial charge in [-0.05, 0) is 29.8 Å². The Labute approximate surface area is 111 Å². The first-order chi connectivity index (χ1) is 8.72. The highest BCUT2D eigenvalue weighted by Crippen LogP contribution is 2.31. The van der Waals surface area contributed by atoms with Crippen molar-refractivity contribution in [2.75, 3.05) is 0 Å². The van der Waals surface area contributed by atoms with E-state index in [0.717, 1.165) is 10.3 Å². The molecule has 1 aromatic carbocycles. The number of aromatic amines is 1. The van der Waals surface area contributed by atoms with E-state index in [-0.39, 0.29) is 11.1 Å². The molecule has 0 saturated carbocycles. The number of aromatic nitrogens is 4. The molecule has 3 aromatic rings. The molecule has 7 heteroatoms. The smallest absolute Gasteiger partial charge is 0.225 e. The minimum absolute atomic E-state index is 0.130. The molecule has 90 valence electrons. The van der Waals surface area contributed by atoms with Gasteiger partial charge in [0, 0.05) is 4.90 Å². The summed E-state index contributed by atoms with van der Waals surface area (Å²) in [4.78, 5) is 8.88. The summed E-state index contributed by atoms with van der Waals surface area (Å²) in [6, 6.07) is 6.28. The topological polar surface area (TPSA) is 54.5 Å². The average Bonchev–Trinajstić information content (AvgIpc) is 2.77. The molecule has 0 unspecified atom stereocenters. The van der Waals surface area contributed by atoms with Gasteiger partial charge in [-0.2, -0.15) is 10.1 Å². The van der Waals surface area contributed by atoms with Gasteiger partial charge in [-0.15, -0.1) is 0 Å². The lowest BCUT2D eigenvalue weighted by molar-refractivity contribution is 0.624. The Morgan fingerprint density at radius 3 is 3.00 bits per heavy atom. The van der Waals surface area contributed by atoms with Crippen molar-refractivity contribution in [2.45, 2.75) is 9.92 Å². The third-order valence-electron chi connectivity index (χ3n) is 2.26. The molecule has 2 heterocycles. The molecule has 4 nitrogen and oxygen atoms in total. The Bertz CT molecular complexity index is 715. The van der Waals surface area contributed by atoms with E-state index in [1.54, 1.807) is 18.3 Å². The van der Waals surface area contributed by atoms with Crippen LogP contribution in [0, 0.1) is 5.82 Å². The molecule has 0 aliphatic heterocycles. The van der Waals surface area contributed by atoms with Gasteiger partial charge < -0.3 is 0 Å². The molecular weight excluding hydrogens is 275 g/mol. The molecule has 0 fully saturated rings. The van der Waals surface area contributed by atoms with Crippen molar-refractivity contribution in [1.29, 1.82) is 0 Å². The van der Waals surface area contributed by atoms with Crippen LogP contribution in [0.2, 0.25) is 5.28 Å². The molecule has 0 saturated heterocycles. The van der Waals surface area contributed by atoms with Crippen molar-refractivity contribution < 1.29 is 4.39 Å². The Morgan fingerprint density at radius 1 is 1.28 bits per heavy atom. The second-order valence-corrected chi connectivity index (χ2v) is 4.89. The van der Waals surface area contributed by atoms with Crippen molar-refractivity contribution in [3.05, 3.63) is 41.6 Å². The number of nitrogens with zero attached hydrogens (tertiary/aromatic N) is 3. The van der Waals surface area contributed by atoms with Gasteiger partial charge in [0.1, 0.15) is 10.8 Å². The molecule has 1 N–H and O–H groups in total. The Balaban J connectivity index is 2.06. The van der Waals surface area contributed by atoms with Gasteiger partial charge in [-0.25, -0.2) is 9.37 Å². The van der Waals surface area contributed by atoms with Gasteiger partial charge in [0.05, 0.1) is 11.6 Å². The second-order valence-electron chi connectivity index (χ2n) is 3.49. The van der Waals surface area contributed by atoms with Crippen molar-refractivity contribution >= 4 is 34.4 Å². The lowest BCUT2D eigenvalue weighted by atomic mass is 10.4. The van der Waals surface area contributed by atoms with Crippen molar-refractivity contribution in [1.82, 2.24) is 20.2 Å². The standard InChI is InChI=1S/C11H6ClFN4S/c12-11-15-9-8(5-14-17-9)10(16-11)18-7-3-1-2-6(13)4-7/h1-5H,(H,14,15,16,17). The average molecular weight is 281 g/mol. The highest BCUT2D eigenvalue weighted by molar-refractivity contribution is 7.99. The SMILES string of the molecule is Fc1cccc(Sc2nc(Cl)nc3[nH]ncc23)c1. The highest BCUT2D eigenvalue weighted by Gasteiger charge is 2.10. The number of nitrogens with one attached hydrogen (secondary N) is 1. The second kappa shape index (κ2) is 4.55. The van der Waals surface area contributed by atoms with E-state index in [1.165, 1.54) is 23.9 Å². The van der Waals surface area contributed by atoms with Gasteiger partial charge in [0.2, 0.25) is 5.28 Å². The van der Waals surface area contributed by atoms with Crippen LogP contribution in [0.25, 0.3) is 11.0 Å². The number of rotatable bonds is 2. The van der Waals surface area contributed by atoms with E-state index >= 15 is 0 Å². The van der Waals surface area contributed by atoms with Crippen molar-refractivity contribution in [3.63, 3.8) is 0 Å². The molecule has 0 bridgehead atoms. The fraction of sp³-hybridized carbons (Fsp3) is 0. The molecule has 0 amide bonds. The van der Waals surface area contributed by atoms with Crippen LogP contribution in [0.5, 0.6) is 0 Å². The zero-order valence-corrected chi connectivity index (χ0v) is 10.5. The molecular formula is C11H6ClFN4S. The Kier molecular flexibility index (Phi) is 2.89. The number of H-pyrrole nitrogens is 1.